The van der Waals surface area contributed by atoms with Gasteiger partial charge in [0.15, 0.2) is 0 Å². The number of alkyl halides is 3. The average molecular weight is 385 g/mol. The topological polar surface area (TPSA) is 59.4 Å². The van der Waals surface area contributed by atoms with E-state index in [1.54, 1.807) is 6.92 Å². The molecule has 2 heterocycles. The first-order chi connectivity index (χ1) is 11.7. The number of hydrogen-bond donors (Lipinski definition) is 1. The highest BCUT2D eigenvalue weighted by molar-refractivity contribution is 7.24. The molecule has 130 valence electrons. The average Bonchev–Trinajstić information content (AvgIpc) is 3.13. The molecule has 0 saturated carbocycles. The van der Waals surface area contributed by atoms with Crippen molar-refractivity contribution >= 4 is 28.6 Å². The third-order valence-electron chi connectivity index (χ3n) is 3.18. The van der Waals surface area contributed by atoms with Gasteiger partial charge < -0.3 is 9.84 Å². The number of hydrogen-bond acceptors (Lipinski definition) is 5. The SMILES string of the molecule is Cc1nc(-c2ccc(-c3ccc(OC(F)(F)F)cc3)s2)sc1C(=O)O. The fraction of sp³-hybridized carbons (Fsp3) is 0.125. The number of halogens is 3. The smallest absolute Gasteiger partial charge is 0.477 e. The first-order valence-corrected chi connectivity index (χ1v) is 8.53. The standard InChI is InChI=1S/C16H10F3NO3S2/c1-8-13(15(21)22)25-14(20-8)12-7-6-11(24-12)9-2-4-10(5-3-9)23-16(17,18)19/h2-7H,1H3,(H,21,22). The van der Waals surface area contributed by atoms with Crippen LogP contribution in [0, 0.1) is 6.92 Å². The van der Waals surface area contributed by atoms with Gasteiger partial charge in [0.05, 0.1) is 10.6 Å². The first kappa shape index (κ1) is 17.4. The molecule has 0 aliphatic heterocycles. The van der Waals surface area contributed by atoms with Crippen LogP contribution in [0.25, 0.3) is 20.3 Å². The summed E-state index contributed by atoms with van der Waals surface area (Å²) >= 11 is 2.48. The number of carboxylic acids is 1. The van der Waals surface area contributed by atoms with E-state index in [9.17, 15) is 18.0 Å². The van der Waals surface area contributed by atoms with Crippen molar-refractivity contribution in [2.24, 2.45) is 0 Å². The van der Waals surface area contributed by atoms with Gasteiger partial charge >= 0.3 is 12.3 Å². The molecule has 4 nitrogen and oxygen atoms in total. The van der Waals surface area contributed by atoms with Gasteiger partial charge in [-0.3, -0.25) is 0 Å². The van der Waals surface area contributed by atoms with Crippen molar-refractivity contribution in [2.75, 3.05) is 0 Å². The number of carbonyl (C=O) groups is 1. The highest BCUT2D eigenvalue weighted by Gasteiger charge is 2.31. The Balaban J connectivity index is 1.84. The summed E-state index contributed by atoms with van der Waals surface area (Å²) in [5.41, 5.74) is 1.19. The van der Waals surface area contributed by atoms with Crippen molar-refractivity contribution in [3.05, 3.63) is 47.0 Å². The monoisotopic (exact) mass is 385 g/mol. The van der Waals surface area contributed by atoms with Crippen molar-refractivity contribution < 1.29 is 27.8 Å². The van der Waals surface area contributed by atoms with E-state index >= 15 is 0 Å². The van der Waals surface area contributed by atoms with Gasteiger partial charge in [-0.05, 0) is 48.9 Å². The normalized spacial score (nSPS) is 11.5. The van der Waals surface area contributed by atoms with Crippen LogP contribution in [0.3, 0.4) is 0 Å². The molecule has 9 heteroatoms. The molecule has 0 radical (unpaired) electrons. The Labute approximate surface area is 148 Å². The Kier molecular flexibility index (Phi) is 4.53. The number of benzene rings is 1. The van der Waals surface area contributed by atoms with Crippen molar-refractivity contribution in [2.45, 2.75) is 13.3 Å². The molecular weight excluding hydrogens is 375 g/mol. The van der Waals surface area contributed by atoms with E-state index in [-0.39, 0.29) is 10.6 Å². The molecule has 3 aromatic rings. The van der Waals surface area contributed by atoms with Crippen molar-refractivity contribution in [1.29, 1.82) is 0 Å². The molecule has 25 heavy (non-hydrogen) atoms. The molecule has 0 bridgehead atoms. The Bertz CT molecular complexity index is 914. The molecule has 0 saturated heterocycles. The van der Waals surface area contributed by atoms with Crippen LogP contribution in [0.4, 0.5) is 13.2 Å². The molecule has 0 atom stereocenters. The number of rotatable bonds is 4. The van der Waals surface area contributed by atoms with E-state index in [0.717, 1.165) is 26.7 Å². The van der Waals surface area contributed by atoms with E-state index in [4.69, 9.17) is 5.11 Å². The maximum Gasteiger partial charge on any atom is 0.573 e. The number of aromatic nitrogens is 1. The molecule has 2 aromatic heterocycles. The summed E-state index contributed by atoms with van der Waals surface area (Å²) in [6.45, 7) is 1.64. The molecule has 1 N–H and O–H groups in total. The van der Waals surface area contributed by atoms with Crippen LogP contribution in [0.5, 0.6) is 5.75 Å². The minimum Gasteiger partial charge on any atom is -0.477 e. The third-order valence-corrected chi connectivity index (χ3v) is 5.63. The quantitative estimate of drug-likeness (QED) is 0.649. The largest absolute Gasteiger partial charge is 0.573 e. The summed E-state index contributed by atoms with van der Waals surface area (Å²) in [5, 5.41) is 9.70. The van der Waals surface area contributed by atoms with Gasteiger partial charge in [0, 0.05) is 4.88 Å². The summed E-state index contributed by atoms with van der Waals surface area (Å²) in [4.78, 5) is 17.2. The minimum atomic E-state index is -4.72. The van der Waals surface area contributed by atoms with Gasteiger partial charge in [-0.2, -0.15) is 0 Å². The minimum absolute atomic E-state index is 0.193. The van der Waals surface area contributed by atoms with E-state index in [1.165, 1.54) is 35.6 Å². The second-order valence-electron chi connectivity index (χ2n) is 4.97. The molecule has 0 spiro atoms. The van der Waals surface area contributed by atoms with Gasteiger partial charge in [0.2, 0.25) is 0 Å². The van der Waals surface area contributed by atoms with Gasteiger partial charge in [-0.15, -0.1) is 35.8 Å². The zero-order valence-corrected chi connectivity index (χ0v) is 14.3. The van der Waals surface area contributed by atoms with Crippen molar-refractivity contribution in [3.8, 4) is 26.1 Å². The molecule has 0 unspecified atom stereocenters. The third kappa shape index (κ3) is 3.99. The molecule has 0 fully saturated rings. The van der Waals surface area contributed by atoms with Crippen LogP contribution in [0.2, 0.25) is 0 Å². The van der Waals surface area contributed by atoms with Crippen LogP contribution in [-0.2, 0) is 0 Å². The van der Waals surface area contributed by atoms with Crippen LogP contribution < -0.4 is 4.74 Å². The lowest BCUT2D eigenvalue weighted by molar-refractivity contribution is -0.274. The number of aryl methyl sites for hydroxylation is 1. The molecular formula is C16H10F3NO3S2. The first-order valence-electron chi connectivity index (χ1n) is 6.90. The Morgan fingerprint density at radius 1 is 1.08 bits per heavy atom. The number of carboxylic acid groups (broad SMARTS) is 1. The highest BCUT2D eigenvalue weighted by Crippen LogP contribution is 2.37. The maximum absolute atomic E-state index is 12.2. The van der Waals surface area contributed by atoms with Crippen LogP contribution >= 0.6 is 22.7 Å². The zero-order chi connectivity index (χ0) is 18.2. The summed E-state index contributed by atoms with van der Waals surface area (Å²) in [7, 11) is 0. The summed E-state index contributed by atoms with van der Waals surface area (Å²) in [6, 6.07) is 9.19. The molecule has 0 aliphatic rings. The lowest BCUT2D eigenvalue weighted by Crippen LogP contribution is -2.16. The van der Waals surface area contributed by atoms with Gasteiger partial charge in [-0.25, -0.2) is 9.78 Å². The van der Waals surface area contributed by atoms with Crippen molar-refractivity contribution in [3.63, 3.8) is 0 Å². The fourth-order valence-corrected chi connectivity index (χ4v) is 4.10. The van der Waals surface area contributed by atoms with E-state index in [0.29, 0.717) is 10.7 Å². The molecule has 3 rings (SSSR count). The molecule has 0 amide bonds. The lowest BCUT2D eigenvalue weighted by Gasteiger charge is -2.08. The van der Waals surface area contributed by atoms with Crippen LogP contribution in [-0.4, -0.2) is 22.4 Å². The Morgan fingerprint density at radius 2 is 1.72 bits per heavy atom. The zero-order valence-electron chi connectivity index (χ0n) is 12.6. The predicted molar refractivity (Wildman–Crippen MR) is 89.2 cm³/mol. The van der Waals surface area contributed by atoms with Crippen LogP contribution in [0.1, 0.15) is 15.4 Å². The number of ether oxygens (including phenoxy) is 1. The fourth-order valence-electron chi connectivity index (χ4n) is 2.13. The second kappa shape index (κ2) is 6.49. The Morgan fingerprint density at radius 3 is 2.28 bits per heavy atom. The van der Waals surface area contributed by atoms with E-state index in [1.807, 2.05) is 12.1 Å². The van der Waals surface area contributed by atoms with Gasteiger partial charge in [0.1, 0.15) is 15.6 Å². The number of thiazole rings is 1. The maximum atomic E-state index is 12.2. The van der Waals surface area contributed by atoms with Crippen molar-refractivity contribution in [1.82, 2.24) is 4.98 Å². The van der Waals surface area contributed by atoms with E-state index in [2.05, 4.69) is 9.72 Å². The number of nitrogens with zero attached hydrogens (tertiary/aromatic N) is 1. The number of aromatic carboxylic acids is 1. The number of thiophene rings is 1. The second-order valence-corrected chi connectivity index (χ2v) is 7.06. The van der Waals surface area contributed by atoms with Gasteiger partial charge in [-0.1, -0.05) is 0 Å². The predicted octanol–water partition coefficient (Wildman–Crippen LogP) is 5.44. The lowest BCUT2D eigenvalue weighted by atomic mass is 10.2. The summed E-state index contributed by atoms with van der Waals surface area (Å²) < 4.78 is 40.4. The van der Waals surface area contributed by atoms with E-state index < -0.39 is 12.3 Å². The molecule has 0 aliphatic carbocycles. The highest BCUT2D eigenvalue weighted by atomic mass is 32.1. The Hall–Kier alpha value is -2.39. The summed E-state index contributed by atoms with van der Waals surface area (Å²) in [5.74, 6) is -1.30. The molecule has 1 aromatic carbocycles. The summed E-state index contributed by atoms with van der Waals surface area (Å²) in [6.07, 6.45) is -4.72. The van der Waals surface area contributed by atoms with Crippen LogP contribution in [0.15, 0.2) is 36.4 Å². The van der Waals surface area contributed by atoms with Gasteiger partial charge in [0.25, 0.3) is 0 Å².